The fourth-order valence-corrected chi connectivity index (χ4v) is 5.83. The van der Waals surface area contributed by atoms with Crippen LogP contribution in [0.2, 0.25) is 5.02 Å². The van der Waals surface area contributed by atoms with Crippen LogP contribution in [-0.2, 0) is 26.2 Å². The van der Waals surface area contributed by atoms with Crippen molar-refractivity contribution < 1.29 is 18.0 Å². The summed E-state index contributed by atoms with van der Waals surface area (Å²) in [6.45, 7) is 5.32. The van der Waals surface area contributed by atoms with Gasteiger partial charge in [0.05, 0.1) is 10.6 Å². The molecule has 0 unspecified atom stereocenters. The molecule has 0 aliphatic rings. The molecule has 3 rings (SSSR count). The highest BCUT2D eigenvalue weighted by molar-refractivity contribution is 9.10. The number of hydrogen-bond acceptors (Lipinski definition) is 4. The number of anilines is 1. The smallest absolute Gasteiger partial charge is 0.264 e. The molecule has 2 amide bonds. The minimum atomic E-state index is -4.10. The number of benzene rings is 3. The minimum absolute atomic E-state index is 0.0616. The fourth-order valence-electron chi connectivity index (χ4n) is 4.00. The Morgan fingerprint density at radius 1 is 0.923 bits per heavy atom. The number of nitrogens with zero attached hydrogens (tertiary/aromatic N) is 2. The van der Waals surface area contributed by atoms with Crippen LogP contribution in [0.4, 0.5) is 5.69 Å². The van der Waals surface area contributed by atoms with E-state index >= 15 is 0 Å². The minimum Gasteiger partial charge on any atom is -0.352 e. The number of rotatable bonds is 12. The molecule has 10 heteroatoms. The first-order valence-electron chi connectivity index (χ1n) is 12.7. The van der Waals surface area contributed by atoms with Crippen molar-refractivity contribution in [2.75, 3.05) is 10.8 Å². The van der Waals surface area contributed by atoms with Crippen molar-refractivity contribution in [3.05, 3.63) is 93.9 Å². The van der Waals surface area contributed by atoms with Crippen molar-refractivity contribution in [1.29, 1.82) is 0 Å². The molecule has 3 aromatic carbocycles. The second kappa shape index (κ2) is 14.0. The van der Waals surface area contributed by atoms with E-state index in [-0.39, 0.29) is 23.4 Å². The van der Waals surface area contributed by atoms with Gasteiger partial charge in [-0.3, -0.25) is 13.9 Å². The third-order valence-corrected chi connectivity index (χ3v) is 8.95. The monoisotopic (exact) mass is 633 g/mol. The molecule has 0 radical (unpaired) electrons. The summed E-state index contributed by atoms with van der Waals surface area (Å²) in [6.07, 6.45) is 1.09. The Balaban J connectivity index is 2.03. The maximum absolute atomic E-state index is 14.0. The largest absolute Gasteiger partial charge is 0.352 e. The summed E-state index contributed by atoms with van der Waals surface area (Å²) in [7, 11) is -4.10. The van der Waals surface area contributed by atoms with Gasteiger partial charge in [-0.25, -0.2) is 8.42 Å². The standard InChI is InChI=1S/C29H33BrClN3O4S/c1-4-21(3)32-29(36)27(5-2)33(19-22-11-15-24(31)16-12-22)28(35)20-34(25-17-13-23(30)14-18-25)39(37,38)26-9-7-6-8-10-26/h6-18,21,27H,4-5,19-20H2,1-3H3,(H,32,36)/t21-,27-/m0/s1. The summed E-state index contributed by atoms with van der Waals surface area (Å²) in [5, 5.41) is 3.52. The van der Waals surface area contributed by atoms with Crippen molar-refractivity contribution >= 4 is 55.1 Å². The number of nitrogens with one attached hydrogen (secondary N) is 1. The van der Waals surface area contributed by atoms with Crippen LogP contribution in [-0.4, -0.2) is 43.8 Å². The highest BCUT2D eigenvalue weighted by Crippen LogP contribution is 2.26. The second-order valence-corrected chi connectivity index (χ2v) is 12.4. The molecule has 2 atom stereocenters. The molecule has 0 aliphatic heterocycles. The lowest BCUT2D eigenvalue weighted by molar-refractivity contribution is -0.140. The Hall–Kier alpha value is -2.88. The van der Waals surface area contributed by atoms with E-state index in [1.165, 1.54) is 17.0 Å². The lowest BCUT2D eigenvalue weighted by Gasteiger charge is -2.33. The summed E-state index contributed by atoms with van der Waals surface area (Å²) in [4.78, 5) is 28.8. The molecule has 0 aliphatic carbocycles. The van der Waals surface area contributed by atoms with Gasteiger partial charge in [0.2, 0.25) is 11.8 Å². The molecule has 1 N–H and O–H groups in total. The average Bonchev–Trinajstić information content (AvgIpc) is 2.93. The highest BCUT2D eigenvalue weighted by atomic mass is 79.9. The quantitative estimate of drug-likeness (QED) is 0.264. The molecule has 0 bridgehead atoms. The fraction of sp³-hybridized carbons (Fsp3) is 0.310. The van der Waals surface area contributed by atoms with E-state index in [2.05, 4.69) is 21.2 Å². The Labute approximate surface area is 244 Å². The van der Waals surface area contributed by atoms with Crippen LogP contribution in [0, 0.1) is 0 Å². The third-order valence-electron chi connectivity index (χ3n) is 6.38. The Morgan fingerprint density at radius 2 is 1.54 bits per heavy atom. The zero-order chi connectivity index (χ0) is 28.6. The van der Waals surface area contributed by atoms with Crippen LogP contribution in [0.1, 0.15) is 39.2 Å². The molecular weight excluding hydrogens is 602 g/mol. The zero-order valence-electron chi connectivity index (χ0n) is 22.2. The number of halogens is 2. The predicted molar refractivity (Wildman–Crippen MR) is 159 cm³/mol. The number of sulfonamides is 1. The van der Waals surface area contributed by atoms with Crippen LogP contribution in [0.5, 0.6) is 0 Å². The first-order valence-corrected chi connectivity index (χ1v) is 15.4. The molecule has 208 valence electrons. The number of carbonyl (C=O) groups excluding carboxylic acids is 2. The van der Waals surface area contributed by atoms with Crippen LogP contribution >= 0.6 is 27.5 Å². The molecule has 0 spiro atoms. The maximum atomic E-state index is 14.0. The van der Waals surface area contributed by atoms with Crippen molar-refractivity contribution in [2.24, 2.45) is 0 Å². The first kappa shape index (κ1) is 30.7. The summed E-state index contributed by atoms with van der Waals surface area (Å²) in [5.74, 6) is -0.784. The lowest BCUT2D eigenvalue weighted by atomic mass is 10.1. The summed E-state index contributed by atoms with van der Waals surface area (Å²) < 4.78 is 29.4. The summed E-state index contributed by atoms with van der Waals surface area (Å²) >= 11 is 9.44. The summed E-state index contributed by atoms with van der Waals surface area (Å²) in [5.41, 5.74) is 1.10. The molecule has 3 aromatic rings. The van der Waals surface area contributed by atoms with E-state index in [0.29, 0.717) is 17.1 Å². The highest BCUT2D eigenvalue weighted by Gasteiger charge is 2.33. The SMILES string of the molecule is CC[C@H](C)NC(=O)[C@H](CC)N(Cc1ccc(Cl)cc1)C(=O)CN(c1ccc(Br)cc1)S(=O)(=O)c1ccccc1. The van der Waals surface area contributed by atoms with Gasteiger partial charge < -0.3 is 10.2 Å². The predicted octanol–water partition coefficient (Wildman–Crippen LogP) is 6.02. The van der Waals surface area contributed by atoms with Gasteiger partial charge in [0.15, 0.2) is 0 Å². The van der Waals surface area contributed by atoms with Gasteiger partial charge in [-0.05, 0) is 73.9 Å². The van der Waals surface area contributed by atoms with Gasteiger partial charge in [-0.15, -0.1) is 0 Å². The van der Waals surface area contributed by atoms with Gasteiger partial charge in [-0.1, -0.05) is 71.7 Å². The van der Waals surface area contributed by atoms with E-state index < -0.39 is 28.5 Å². The zero-order valence-corrected chi connectivity index (χ0v) is 25.3. The number of hydrogen-bond donors (Lipinski definition) is 1. The van der Waals surface area contributed by atoms with Crippen LogP contribution in [0.25, 0.3) is 0 Å². The number of carbonyl (C=O) groups is 2. The molecule has 0 fully saturated rings. The molecule has 0 saturated carbocycles. The average molecular weight is 635 g/mol. The van der Waals surface area contributed by atoms with Crippen LogP contribution in [0.15, 0.2) is 88.2 Å². The molecule has 0 heterocycles. The molecule has 0 saturated heterocycles. The van der Waals surface area contributed by atoms with E-state index in [1.54, 1.807) is 66.7 Å². The first-order chi connectivity index (χ1) is 18.6. The molecule has 39 heavy (non-hydrogen) atoms. The molecular formula is C29H33BrClN3O4S. The van der Waals surface area contributed by atoms with Gasteiger partial charge >= 0.3 is 0 Å². The van der Waals surface area contributed by atoms with Gasteiger partial charge in [-0.2, -0.15) is 0 Å². The van der Waals surface area contributed by atoms with Gasteiger partial charge in [0.25, 0.3) is 10.0 Å². The normalized spacial score (nSPS) is 12.8. The van der Waals surface area contributed by atoms with Crippen molar-refractivity contribution in [3.63, 3.8) is 0 Å². The van der Waals surface area contributed by atoms with Gasteiger partial charge in [0, 0.05) is 22.1 Å². The van der Waals surface area contributed by atoms with Crippen molar-refractivity contribution in [2.45, 2.75) is 57.1 Å². The number of amides is 2. The van der Waals surface area contributed by atoms with Crippen LogP contribution < -0.4 is 9.62 Å². The van der Waals surface area contributed by atoms with Crippen LogP contribution in [0.3, 0.4) is 0 Å². The van der Waals surface area contributed by atoms with E-state index in [0.717, 1.165) is 20.8 Å². The molecule has 0 aromatic heterocycles. The molecule has 7 nitrogen and oxygen atoms in total. The second-order valence-electron chi connectivity index (χ2n) is 9.19. The topological polar surface area (TPSA) is 86.8 Å². The Morgan fingerprint density at radius 3 is 2.10 bits per heavy atom. The van der Waals surface area contributed by atoms with Crippen molar-refractivity contribution in [1.82, 2.24) is 10.2 Å². The Bertz CT molecular complexity index is 1350. The van der Waals surface area contributed by atoms with E-state index in [9.17, 15) is 18.0 Å². The third kappa shape index (κ3) is 8.06. The van der Waals surface area contributed by atoms with E-state index in [4.69, 9.17) is 11.6 Å². The van der Waals surface area contributed by atoms with Crippen molar-refractivity contribution in [3.8, 4) is 0 Å². The van der Waals surface area contributed by atoms with E-state index in [1.807, 2.05) is 20.8 Å². The lowest BCUT2D eigenvalue weighted by Crippen LogP contribution is -2.53. The van der Waals surface area contributed by atoms with Gasteiger partial charge in [0.1, 0.15) is 12.6 Å². The summed E-state index contributed by atoms with van der Waals surface area (Å²) in [6, 6.07) is 20.8. The Kier molecular flexibility index (Phi) is 11.0. The maximum Gasteiger partial charge on any atom is 0.264 e.